The molecule has 0 saturated heterocycles. The van der Waals surface area contributed by atoms with Gasteiger partial charge in [0.25, 0.3) is 0 Å². The van der Waals surface area contributed by atoms with Crippen LogP contribution in [-0.4, -0.2) is 41.0 Å². The van der Waals surface area contributed by atoms with E-state index in [9.17, 15) is 23.7 Å². The SMILES string of the molecule is CCOP(=O)(OCC)C(C(=O)O)C(SC(C(=O)c1ccc(F)cc1)c1ccccc1)C(C)C. The lowest BCUT2D eigenvalue weighted by Gasteiger charge is -2.33. The van der Waals surface area contributed by atoms with Gasteiger partial charge >= 0.3 is 13.6 Å². The van der Waals surface area contributed by atoms with Crippen molar-refractivity contribution in [2.45, 2.75) is 43.9 Å². The average molecular weight is 497 g/mol. The van der Waals surface area contributed by atoms with E-state index in [0.29, 0.717) is 11.1 Å². The summed E-state index contributed by atoms with van der Waals surface area (Å²) in [6.07, 6.45) is 0. The van der Waals surface area contributed by atoms with Crippen LogP contribution in [0.2, 0.25) is 0 Å². The molecular formula is C24H30FO6PS. The Labute approximate surface area is 198 Å². The third-order valence-corrected chi connectivity index (χ3v) is 9.49. The second-order valence-electron chi connectivity index (χ2n) is 7.67. The Morgan fingerprint density at radius 3 is 2.00 bits per heavy atom. The summed E-state index contributed by atoms with van der Waals surface area (Å²) in [6.45, 7) is 6.89. The van der Waals surface area contributed by atoms with Gasteiger partial charge in [0, 0.05) is 10.8 Å². The smallest absolute Gasteiger partial charge is 0.346 e. The highest BCUT2D eigenvalue weighted by atomic mass is 32.2. The number of carbonyl (C=O) groups is 2. The summed E-state index contributed by atoms with van der Waals surface area (Å²) in [7, 11) is -4.03. The molecule has 6 nitrogen and oxygen atoms in total. The summed E-state index contributed by atoms with van der Waals surface area (Å²) in [4.78, 5) is 25.9. The minimum absolute atomic E-state index is 0.0210. The van der Waals surface area contributed by atoms with Crippen molar-refractivity contribution in [1.82, 2.24) is 0 Å². The van der Waals surface area contributed by atoms with Crippen LogP contribution in [0.4, 0.5) is 4.39 Å². The van der Waals surface area contributed by atoms with Gasteiger partial charge in [0.1, 0.15) is 5.82 Å². The fourth-order valence-electron chi connectivity index (χ4n) is 3.45. The van der Waals surface area contributed by atoms with E-state index in [1.165, 1.54) is 24.3 Å². The Morgan fingerprint density at radius 1 is 1.00 bits per heavy atom. The first-order valence-electron chi connectivity index (χ1n) is 10.8. The molecule has 0 radical (unpaired) electrons. The minimum atomic E-state index is -4.03. The lowest BCUT2D eigenvalue weighted by Crippen LogP contribution is -2.37. The molecule has 0 aliphatic rings. The summed E-state index contributed by atoms with van der Waals surface area (Å²) in [5, 5.41) is 8.50. The molecule has 33 heavy (non-hydrogen) atoms. The minimum Gasteiger partial charge on any atom is -0.481 e. The zero-order valence-corrected chi connectivity index (χ0v) is 20.9. The third kappa shape index (κ3) is 7.00. The van der Waals surface area contributed by atoms with Crippen LogP contribution in [0, 0.1) is 11.7 Å². The number of ketones is 1. The Hall–Kier alpha value is -1.99. The Kier molecular flexibility index (Phi) is 10.3. The normalized spacial score (nSPS) is 14.6. The maximum absolute atomic E-state index is 13.5. The maximum atomic E-state index is 13.5. The Morgan fingerprint density at radius 2 is 1.55 bits per heavy atom. The highest BCUT2D eigenvalue weighted by Crippen LogP contribution is 2.58. The van der Waals surface area contributed by atoms with Crippen molar-refractivity contribution in [2.75, 3.05) is 13.2 Å². The quantitative estimate of drug-likeness (QED) is 0.260. The topological polar surface area (TPSA) is 89.9 Å². The van der Waals surface area contributed by atoms with Crippen LogP contribution < -0.4 is 0 Å². The van der Waals surface area contributed by atoms with Crippen LogP contribution in [0.5, 0.6) is 0 Å². The van der Waals surface area contributed by atoms with E-state index < -0.39 is 35.5 Å². The van der Waals surface area contributed by atoms with Crippen molar-refractivity contribution in [3.63, 3.8) is 0 Å². The lowest BCUT2D eigenvalue weighted by molar-refractivity contribution is -0.137. The maximum Gasteiger partial charge on any atom is 0.346 e. The molecule has 2 rings (SSSR count). The van der Waals surface area contributed by atoms with Crippen molar-refractivity contribution < 1.29 is 32.7 Å². The third-order valence-electron chi connectivity index (χ3n) is 4.94. The van der Waals surface area contributed by atoms with E-state index in [4.69, 9.17) is 9.05 Å². The van der Waals surface area contributed by atoms with Gasteiger partial charge in [0.15, 0.2) is 11.4 Å². The van der Waals surface area contributed by atoms with E-state index >= 15 is 0 Å². The molecule has 0 saturated carbocycles. The van der Waals surface area contributed by atoms with Crippen LogP contribution >= 0.6 is 19.4 Å². The first-order valence-corrected chi connectivity index (χ1v) is 13.3. The molecule has 0 bridgehead atoms. The van der Waals surface area contributed by atoms with E-state index in [1.807, 2.05) is 6.07 Å². The number of Topliss-reactive ketones (excluding diaryl/α,β-unsaturated/α-hetero) is 1. The fraction of sp³-hybridized carbons (Fsp3) is 0.417. The van der Waals surface area contributed by atoms with Crippen LogP contribution in [0.1, 0.15) is 48.9 Å². The summed E-state index contributed by atoms with van der Waals surface area (Å²) >= 11 is 1.12. The van der Waals surface area contributed by atoms with Crippen molar-refractivity contribution in [3.8, 4) is 0 Å². The molecule has 0 spiro atoms. The molecule has 2 aromatic carbocycles. The van der Waals surface area contributed by atoms with Gasteiger partial charge in [0.05, 0.1) is 18.5 Å². The second kappa shape index (κ2) is 12.5. The Balaban J connectivity index is 2.55. The molecule has 0 fully saturated rings. The van der Waals surface area contributed by atoms with E-state index in [2.05, 4.69) is 0 Å². The molecule has 9 heteroatoms. The molecule has 0 heterocycles. The van der Waals surface area contributed by atoms with Crippen LogP contribution in [-0.2, 0) is 18.4 Å². The van der Waals surface area contributed by atoms with Crippen LogP contribution in [0.15, 0.2) is 54.6 Å². The largest absolute Gasteiger partial charge is 0.481 e. The number of carboxylic acids is 1. The number of hydrogen-bond acceptors (Lipinski definition) is 6. The molecule has 180 valence electrons. The summed E-state index contributed by atoms with van der Waals surface area (Å²) in [6, 6.07) is 14.1. The number of carbonyl (C=O) groups excluding carboxylic acids is 1. The zero-order valence-electron chi connectivity index (χ0n) is 19.1. The predicted molar refractivity (Wildman–Crippen MR) is 128 cm³/mol. The number of hydrogen-bond donors (Lipinski definition) is 1. The molecule has 3 unspecified atom stereocenters. The highest BCUT2D eigenvalue weighted by molar-refractivity contribution is 8.01. The number of benzene rings is 2. The number of carboxylic acid groups (broad SMARTS) is 1. The van der Waals surface area contributed by atoms with Crippen molar-refractivity contribution >= 4 is 31.1 Å². The van der Waals surface area contributed by atoms with E-state index in [0.717, 1.165) is 11.8 Å². The molecule has 3 atom stereocenters. The number of aliphatic carboxylic acids is 1. The van der Waals surface area contributed by atoms with E-state index in [-0.39, 0.29) is 24.9 Å². The van der Waals surface area contributed by atoms with Gasteiger partial charge in [-0.25, -0.2) is 4.39 Å². The predicted octanol–water partition coefficient (Wildman–Crippen LogP) is 6.23. The average Bonchev–Trinajstić information content (AvgIpc) is 2.77. The van der Waals surface area contributed by atoms with Crippen LogP contribution in [0.3, 0.4) is 0 Å². The highest BCUT2D eigenvalue weighted by Gasteiger charge is 2.49. The van der Waals surface area contributed by atoms with Gasteiger partial charge in [-0.15, -0.1) is 11.8 Å². The summed E-state index contributed by atoms with van der Waals surface area (Å²) in [5.41, 5.74) is -0.520. The molecule has 0 amide bonds. The van der Waals surface area contributed by atoms with Gasteiger partial charge in [-0.1, -0.05) is 44.2 Å². The lowest BCUT2D eigenvalue weighted by atomic mass is 10.0. The molecule has 2 aromatic rings. The molecular weight excluding hydrogens is 466 g/mol. The molecule has 1 N–H and O–H groups in total. The monoisotopic (exact) mass is 496 g/mol. The fourth-order valence-corrected chi connectivity index (χ4v) is 7.67. The standard InChI is InChI=1S/C24H30FO6PS/c1-5-30-32(29,31-6-2)21(24(27)28)22(16(3)4)33-23(18-10-8-7-9-11-18)20(26)17-12-14-19(25)15-13-17/h7-16,21-23H,5-6H2,1-4H3,(H,27,28). The van der Waals surface area contributed by atoms with Gasteiger partial charge in [-0.3, -0.25) is 14.2 Å². The summed E-state index contributed by atoms with van der Waals surface area (Å²) < 4.78 is 37.7. The second-order valence-corrected chi connectivity index (χ2v) is 11.1. The first-order chi connectivity index (χ1) is 15.6. The molecule has 0 aliphatic heterocycles. The summed E-state index contributed by atoms with van der Waals surface area (Å²) in [5.74, 6) is -2.36. The molecule has 0 aliphatic carbocycles. The van der Waals surface area contributed by atoms with Crippen molar-refractivity contribution in [2.24, 2.45) is 5.92 Å². The number of thioether (sulfide) groups is 1. The van der Waals surface area contributed by atoms with Crippen molar-refractivity contribution in [1.29, 1.82) is 0 Å². The van der Waals surface area contributed by atoms with Gasteiger partial charge in [-0.05, 0) is 49.6 Å². The zero-order chi connectivity index (χ0) is 24.6. The number of rotatable bonds is 13. The van der Waals surface area contributed by atoms with Gasteiger partial charge < -0.3 is 14.2 Å². The Bertz CT molecular complexity index is 957. The van der Waals surface area contributed by atoms with Gasteiger partial charge in [0.2, 0.25) is 0 Å². The van der Waals surface area contributed by atoms with Crippen LogP contribution in [0.25, 0.3) is 0 Å². The first kappa shape index (κ1) is 27.3. The molecule has 0 aromatic heterocycles. The number of halogens is 1. The van der Waals surface area contributed by atoms with Gasteiger partial charge in [-0.2, -0.15) is 0 Å². The van der Waals surface area contributed by atoms with Crippen molar-refractivity contribution in [3.05, 3.63) is 71.5 Å². The van der Waals surface area contributed by atoms with E-state index in [1.54, 1.807) is 52.0 Å².